The van der Waals surface area contributed by atoms with Crippen molar-refractivity contribution in [2.75, 3.05) is 20.2 Å². The van der Waals surface area contributed by atoms with Crippen molar-refractivity contribution in [2.45, 2.75) is 38.5 Å². The third-order valence-electron chi connectivity index (χ3n) is 5.97. The Balaban J connectivity index is 1.45. The van der Waals surface area contributed by atoms with Gasteiger partial charge in [0.2, 0.25) is 0 Å². The number of H-pyrrole nitrogens is 1. The Hall–Kier alpha value is -2.75. The lowest BCUT2D eigenvalue weighted by atomic mass is 9.89. The quantitative estimate of drug-likeness (QED) is 0.670. The molecule has 1 aromatic heterocycles. The highest BCUT2D eigenvalue weighted by atomic mass is 16.5. The molecule has 0 unspecified atom stereocenters. The molecule has 4 heteroatoms. The Bertz CT molecular complexity index is 964. The fourth-order valence-electron chi connectivity index (χ4n) is 4.17. The molecule has 1 amide bonds. The fraction of sp³-hybridized carbons (Fsp3) is 0.375. The first-order valence-corrected chi connectivity index (χ1v) is 10.1. The lowest BCUT2D eigenvalue weighted by Crippen LogP contribution is -2.37. The molecule has 0 atom stereocenters. The smallest absolute Gasteiger partial charge is 0.253 e. The normalized spacial score (nSPS) is 15.4. The number of hydrogen-bond acceptors (Lipinski definition) is 2. The van der Waals surface area contributed by atoms with Crippen LogP contribution in [0.1, 0.15) is 60.0 Å². The molecule has 0 bridgehead atoms. The Morgan fingerprint density at radius 2 is 1.82 bits per heavy atom. The van der Waals surface area contributed by atoms with Gasteiger partial charge in [0.15, 0.2) is 0 Å². The third-order valence-corrected chi connectivity index (χ3v) is 5.97. The number of hydrogen-bond donors (Lipinski definition) is 1. The van der Waals surface area contributed by atoms with Gasteiger partial charge in [-0.2, -0.15) is 0 Å². The first kappa shape index (κ1) is 18.6. The molecule has 1 N–H and O–H groups in total. The molecule has 0 aliphatic carbocycles. The summed E-state index contributed by atoms with van der Waals surface area (Å²) < 4.78 is 5.39. The average Bonchev–Trinajstić information content (AvgIpc) is 3.16. The van der Waals surface area contributed by atoms with Crippen molar-refractivity contribution in [2.24, 2.45) is 0 Å². The Labute approximate surface area is 166 Å². The molecule has 146 valence electrons. The number of ether oxygens (including phenoxy) is 1. The van der Waals surface area contributed by atoms with Crippen LogP contribution in [0.3, 0.4) is 0 Å². The number of methoxy groups -OCH3 is 1. The minimum atomic E-state index is 0.148. The van der Waals surface area contributed by atoms with E-state index >= 15 is 0 Å². The van der Waals surface area contributed by atoms with Gasteiger partial charge in [-0.05, 0) is 66.1 Å². The molecule has 1 saturated heterocycles. The van der Waals surface area contributed by atoms with E-state index in [-0.39, 0.29) is 5.91 Å². The number of nitrogens with one attached hydrogen (secondary N) is 1. The zero-order valence-electron chi connectivity index (χ0n) is 16.9. The number of fused-ring (bicyclic) bond motifs is 1. The van der Waals surface area contributed by atoms with Crippen molar-refractivity contribution in [1.82, 2.24) is 9.88 Å². The molecular formula is C24H28N2O2. The van der Waals surface area contributed by atoms with Crippen LogP contribution in [0.25, 0.3) is 10.9 Å². The van der Waals surface area contributed by atoms with E-state index in [1.165, 1.54) is 16.5 Å². The topological polar surface area (TPSA) is 45.3 Å². The fourth-order valence-corrected chi connectivity index (χ4v) is 4.17. The molecule has 28 heavy (non-hydrogen) atoms. The second kappa shape index (κ2) is 7.70. The predicted octanol–water partition coefficient (Wildman–Crippen LogP) is 5.32. The van der Waals surface area contributed by atoms with Crippen molar-refractivity contribution in [3.05, 3.63) is 65.4 Å². The lowest BCUT2D eigenvalue weighted by molar-refractivity contribution is 0.0713. The largest absolute Gasteiger partial charge is 0.497 e. The molecular weight excluding hydrogens is 348 g/mol. The summed E-state index contributed by atoms with van der Waals surface area (Å²) >= 11 is 0. The third kappa shape index (κ3) is 3.51. The maximum Gasteiger partial charge on any atom is 0.253 e. The van der Waals surface area contributed by atoms with Crippen molar-refractivity contribution in [3.8, 4) is 5.75 Å². The van der Waals surface area contributed by atoms with Crippen LogP contribution >= 0.6 is 0 Å². The van der Waals surface area contributed by atoms with E-state index in [0.29, 0.717) is 11.8 Å². The number of aromatic nitrogens is 1. The van der Waals surface area contributed by atoms with Crippen molar-refractivity contribution >= 4 is 16.8 Å². The van der Waals surface area contributed by atoms with E-state index in [2.05, 4.69) is 49.3 Å². The summed E-state index contributed by atoms with van der Waals surface area (Å²) in [4.78, 5) is 18.2. The molecule has 4 rings (SSSR count). The molecule has 2 heterocycles. The number of nitrogens with zero attached hydrogens (tertiary/aromatic N) is 1. The van der Waals surface area contributed by atoms with Crippen LogP contribution in [-0.2, 0) is 0 Å². The highest BCUT2D eigenvalue weighted by Gasteiger charge is 2.26. The number of likely N-dealkylation sites (tertiary alicyclic amines) is 1. The molecule has 0 saturated carbocycles. The summed E-state index contributed by atoms with van der Waals surface area (Å²) in [6.07, 6.45) is 4.09. The van der Waals surface area contributed by atoms with Gasteiger partial charge in [0.05, 0.1) is 7.11 Å². The van der Waals surface area contributed by atoms with Crippen LogP contribution in [0.15, 0.2) is 48.7 Å². The van der Waals surface area contributed by atoms with Crippen LogP contribution in [-0.4, -0.2) is 36.0 Å². The second-order valence-corrected chi connectivity index (χ2v) is 8.00. The summed E-state index contributed by atoms with van der Waals surface area (Å²) in [5.74, 6) is 1.98. The van der Waals surface area contributed by atoms with Gasteiger partial charge in [-0.3, -0.25) is 4.79 Å². The molecule has 1 aliphatic heterocycles. The molecule has 1 aliphatic rings. The number of benzene rings is 2. The number of rotatable bonds is 4. The van der Waals surface area contributed by atoms with E-state index < -0.39 is 0 Å². The summed E-state index contributed by atoms with van der Waals surface area (Å²) in [5.41, 5.74) is 4.53. The van der Waals surface area contributed by atoms with Crippen LogP contribution < -0.4 is 4.74 Å². The SMILES string of the molecule is COc1ccc2[nH]cc(C3CCN(C(=O)c4ccc(C(C)C)cc4)CC3)c2c1. The minimum Gasteiger partial charge on any atom is -0.497 e. The van der Waals surface area contributed by atoms with Gasteiger partial charge < -0.3 is 14.6 Å². The number of amides is 1. The first-order valence-electron chi connectivity index (χ1n) is 10.1. The van der Waals surface area contributed by atoms with Gasteiger partial charge >= 0.3 is 0 Å². The number of carbonyl (C=O) groups excluding carboxylic acids is 1. The van der Waals surface area contributed by atoms with E-state index in [9.17, 15) is 4.79 Å². The molecule has 0 spiro atoms. The highest BCUT2D eigenvalue weighted by molar-refractivity contribution is 5.94. The first-order chi connectivity index (χ1) is 13.6. The van der Waals surface area contributed by atoms with Crippen LogP contribution in [0.4, 0.5) is 0 Å². The van der Waals surface area contributed by atoms with Gasteiger partial charge in [0.25, 0.3) is 5.91 Å². The van der Waals surface area contributed by atoms with E-state index in [4.69, 9.17) is 4.74 Å². The maximum absolute atomic E-state index is 12.9. The van der Waals surface area contributed by atoms with E-state index in [0.717, 1.165) is 42.8 Å². The summed E-state index contributed by atoms with van der Waals surface area (Å²) in [6, 6.07) is 14.2. The molecule has 4 nitrogen and oxygen atoms in total. The standard InChI is InChI=1S/C24H28N2O2/c1-16(2)17-4-6-19(7-5-17)24(27)26-12-10-18(11-13-26)22-15-25-23-9-8-20(28-3)14-21(22)23/h4-9,14-16,18,25H,10-13H2,1-3H3. The minimum absolute atomic E-state index is 0.148. The van der Waals surface area contributed by atoms with E-state index in [1.54, 1.807) is 7.11 Å². The van der Waals surface area contributed by atoms with E-state index in [1.807, 2.05) is 23.1 Å². The van der Waals surface area contributed by atoms with Crippen molar-refractivity contribution in [1.29, 1.82) is 0 Å². The molecule has 2 aromatic carbocycles. The highest BCUT2D eigenvalue weighted by Crippen LogP contribution is 2.35. The zero-order valence-corrected chi connectivity index (χ0v) is 16.9. The Morgan fingerprint density at radius 1 is 1.11 bits per heavy atom. The number of piperidine rings is 1. The number of carbonyl (C=O) groups is 1. The van der Waals surface area contributed by atoms with Crippen LogP contribution in [0, 0.1) is 0 Å². The van der Waals surface area contributed by atoms with Crippen molar-refractivity contribution < 1.29 is 9.53 Å². The van der Waals surface area contributed by atoms with Gasteiger partial charge in [0, 0.05) is 35.8 Å². The summed E-state index contributed by atoms with van der Waals surface area (Å²) in [5, 5.41) is 1.23. The van der Waals surface area contributed by atoms with Crippen LogP contribution in [0.2, 0.25) is 0 Å². The van der Waals surface area contributed by atoms with Crippen molar-refractivity contribution in [3.63, 3.8) is 0 Å². The lowest BCUT2D eigenvalue weighted by Gasteiger charge is -2.32. The Morgan fingerprint density at radius 3 is 2.46 bits per heavy atom. The maximum atomic E-state index is 12.9. The molecule has 0 radical (unpaired) electrons. The summed E-state index contributed by atoms with van der Waals surface area (Å²) in [6.45, 7) is 5.93. The monoisotopic (exact) mass is 376 g/mol. The number of aromatic amines is 1. The van der Waals surface area contributed by atoms with Gasteiger partial charge in [-0.25, -0.2) is 0 Å². The molecule has 1 fully saturated rings. The summed E-state index contributed by atoms with van der Waals surface area (Å²) in [7, 11) is 1.70. The van der Waals surface area contributed by atoms with Crippen LogP contribution in [0.5, 0.6) is 5.75 Å². The van der Waals surface area contributed by atoms with Gasteiger partial charge in [-0.15, -0.1) is 0 Å². The molecule has 3 aromatic rings. The van der Waals surface area contributed by atoms with Gasteiger partial charge in [-0.1, -0.05) is 26.0 Å². The predicted molar refractivity (Wildman–Crippen MR) is 113 cm³/mol. The average molecular weight is 377 g/mol. The Kier molecular flexibility index (Phi) is 5.12. The zero-order chi connectivity index (χ0) is 19.7. The van der Waals surface area contributed by atoms with Gasteiger partial charge in [0.1, 0.15) is 5.75 Å². The second-order valence-electron chi connectivity index (χ2n) is 8.00.